The highest BCUT2D eigenvalue weighted by atomic mass is 32.2. The number of amides is 2. The quantitative estimate of drug-likeness (QED) is 0.199. The van der Waals surface area contributed by atoms with E-state index in [0.29, 0.717) is 28.3 Å². The molecule has 44 heavy (non-hydrogen) atoms. The first kappa shape index (κ1) is 31.2. The van der Waals surface area contributed by atoms with Gasteiger partial charge in [-0.15, -0.1) is 0 Å². The summed E-state index contributed by atoms with van der Waals surface area (Å²) in [4.78, 5) is 40.2. The second-order valence-corrected chi connectivity index (χ2v) is 12.3. The SMILES string of the molecule is Cc1ccc(N2C=CC(NC(=O)c3cc(N4CCCCC4)ccc3NC(=O)c3cccc(CSCCC(=O)O)c3)N2)cc1C. The Morgan fingerprint density at radius 2 is 1.73 bits per heavy atom. The number of piperidine rings is 1. The summed E-state index contributed by atoms with van der Waals surface area (Å²) in [6.07, 6.45) is 6.87. The summed E-state index contributed by atoms with van der Waals surface area (Å²) in [6, 6.07) is 19.1. The van der Waals surface area contributed by atoms with E-state index in [1.807, 2.05) is 53.7 Å². The predicted molar refractivity (Wildman–Crippen MR) is 177 cm³/mol. The van der Waals surface area contributed by atoms with Crippen molar-refractivity contribution >= 4 is 46.6 Å². The molecule has 9 nitrogen and oxygen atoms in total. The monoisotopic (exact) mass is 613 g/mol. The highest BCUT2D eigenvalue weighted by Crippen LogP contribution is 2.27. The summed E-state index contributed by atoms with van der Waals surface area (Å²) in [5, 5.41) is 16.8. The number of rotatable bonds is 11. The van der Waals surface area contributed by atoms with Crippen molar-refractivity contribution in [2.45, 2.75) is 51.4 Å². The van der Waals surface area contributed by atoms with Gasteiger partial charge >= 0.3 is 5.97 Å². The van der Waals surface area contributed by atoms with Crippen LogP contribution in [0.2, 0.25) is 0 Å². The zero-order valence-electron chi connectivity index (χ0n) is 25.1. The standard InChI is InChI=1S/C34H39N5O4S/c1-23-9-10-28(19-24(23)2)39-17-13-31(37-39)36-34(43)29-21-27(38-15-4-3-5-16-38)11-12-30(29)35-33(42)26-8-6-7-25(20-26)22-44-18-14-32(40)41/h6-13,17,19-21,31,37H,3-5,14-16,18,22H2,1-2H3,(H,35,42)(H,36,43)(H,40,41). The van der Waals surface area contributed by atoms with Gasteiger partial charge in [0.15, 0.2) is 0 Å². The summed E-state index contributed by atoms with van der Waals surface area (Å²) in [7, 11) is 0. The van der Waals surface area contributed by atoms with Gasteiger partial charge in [0.25, 0.3) is 11.8 Å². The highest BCUT2D eigenvalue weighted by molar-refractivity contribution is 7.98. The Morgan fingerprint density at radius 3 is 2.50 bits per heavy atom. The van der Waals surface area contributed by atoms with Crippen LogP contribution in [0.15, 0.2) is 72.9 Å². The summed E-state index contributed by atoms with van der Waals surface area (Å²) in [5.41, 5.74) is 9.86. The van der Waals surface area contributed by atoms with E-state index in [4.69, 9.17) is 5.11 Å². The first-order chi connectivity index (χ1) is 21.3. The average Bonchev–Trinajstić information content (AvgIpc) is 3.49. The van der Waals surface area contributed by atoms with E-state index in [9.17, 15) is 14.4 Å². The van der Waals surface area contributed by atoms with Gasteiger partial charge in [0.1, 0.15) is 6.17 Å². The van der Waals surface area contributed by atoms with Gasteiger partial charge in [-0.1, -0.05) is 18.2 Å². The van der Waals surface area contributed by atoms with Crippen molar-refractivity contribution in [2.24, 2.45) is 0 Å². The normalized spacial score (nSPS) is 16.2. The number of hydrogen-bond donors (Lipinski definition) is 4. The Bertz CT molecular complexity index is 1550. The van der Waals surface area contributed by atoms with Crippen LogP contribution in [0.3, 0.4) is 0 Å². The van der Waals surface area contributed by atoms with Crippen molar-refractivity contribution in [2.75, 3.05) is 34.1 Å². The molecule has 0 saturated carbocycles. The molecule has 3 aromatic carbocycles. The van der Waals surface area contributed by atoms with Gasteiger partial charge < -0.3 is 20.6 Å². The average molecular weight is 614 g/mol. The van der Waals surface area contributed by atoms with Crippen molar-refractivity contribution in [3.8, 4) is 0 Å². The fraction of sp³-hybridized carbons (Fsp3) is 0.324. The third-order valence-electron chi connectivity index (χ3n) is 7.90. The third kappa shape index (κ3) is 8.00. The number of nitrogens with zero attached hydrogens (tertiary/aromatic N) is 2. The van der Waals surface area contributed by atoms with E-state index < -0.39 is 12.1 Å². The number of anilines is 3. The zero-order chi connectivity index (χ0) is 31.1. The van der Waals surface area contributed by atoms with Crippen molar-refractivity contribution in [3.63, 3.8) is 0 Å². The van der Waals surface area contributed by atoms with Crippen molar-refractivity contribution < 1.29 is 19.5 Å². The molecule has 2 heterocycles. The van der Waals surface area contributed by atoms with Crippen LogP contribution >= 0.6 is 11.8 Å². The molecule has 10 heteroatoms. The molecule has 0 radical (unpaired) electrons. The van der Waals surface area contributed by atoms with E-state index in [2.05, 4.69) is 46.9 Å². The van der Waals surface area contributed by atoms with E-state index in [-0.39, 0.29) is 18.2 Å². The van der Waals surface area contributed by atoms with Crippen LogP contribution in [-0.2, 0) is 10.5 Å². The Labute approximate surface area is 262 Å². The second-order valence-electron chi connectivity index (χ2n) is 11.2. The van der Waals surface area contributed by atoms with Gasteiger partial charge in [-0.05, 0) is 98.3 Å². The van der Waals surface area contributed by atoms with Crippen LogP contribution in [0, 0.1) is 13.8 Å². The molecule has 0 aromatic heterocycles. The molecule has 230 valence electrons. The zero-order valence-corrected chi connectivity index (χ0v) is 26.0. The Kier molecular flexibility index (Phi) is 10.2. The fourth-order valence-electron chi connectivity index (χ4n) is 5.27. The van der Waals surface area contributed by atoms with Crippen molar-refractivity contribution in [1.29, 1.82) is 0 Å². The lowest BCUT2D eigenvalue weighted by Gasteiger charge is -2.29. The topological polar surface area (TPSA) is 114 Å². The number of benzene rings is 3. The highest BCUT2D eigenvalue weighted by Gasteiger charge is 2.23. The van der Waals surface area contributed by atoms with Crippen LogP contribution in [0.4, 0.5) is 17.1 Å². The Hall–Kier alpha value is -4.28. The molecule has 0 bridgehead atoms. The minimum absolute atomic E-state index is 0.0962. The molecule has 2 aliphatic rings. The molecule has 2 amide bonds. The van der Waals surface area contributed by atoms with Crippen LogP contribution < -0.4 is 26.0 Å². The van der Waals surface area contributed by atoms with Crippen LogP contribution in [0.25, 0.3) is 0 Å². The van der Waals surface area contributed by atoms with Gasteiger partial charge in [0.05, 0.1) is 23.4 Å². The number of carbonyl (C=O) groups is 3. The molecule has 1 atom stereocenters. The lowest BCUT2D eigenvalue weighted by Crippen LogP contribution is -2.46. The number of nitrogens with one attached hydrogen (secondary N) is 3. The number of thioether (sulfide) groups is 1. The Balaban J connectivity index is 1.31. The maximum absolute atomic E-state index is 13.7. The summed E-state index contributed by atoms with van der Waals surface area (Å²) < 4.78 is 0. The number of aliphatic carboxylic acids is 1. The summed E-state index contributed by atoms with van der Waals surface area (Å²) in [5.74, 6) is -0.335. The van der Waals surface area contributed by atoms with Crippen LogP contribution in [0.5, 0.6) is 0 Å². The van der Waals surface area contributed by atoms with E-state index in [0.717, 1.165) is 42.9 Å². The summed E-state index contributed by atoms with van der Waals surface area (Å²) in [6.45, 7) is 6.01. The van der Waals surface area contributed by atoms with Gasteiger partial charge in [0, 0.05) is 42.0 Å². The predicted octanol–water partition coefficient (Wildman–Crippen LogP) is 5.85. The first-order valence-electron chi connectivity index (χ1n) is 15.0. The molecule has 5 rings (SSSR count). The smallest absolute Gasteiger partial charge is 0.304 e. The molecule has 0 spiro atoms. The maximum Gasteiger partial charge on any atom is 0.304 e. The number of carbonyl (C=O) groups excluding carboxylic acids is 2. The molecule has 3 aromatic rings. The maximum atomic E-state index is 13.7. The third-order valence-corrected chi connectivity index (χ3v) is 8.93. The minimum Gasteiger partial charge on any atom is -0.481 e. The van der Waals surface area contributed by atoms with Crippen LogP contribution in [-0.4, -0.2) is 47.9 Å². The van der Waals surface area contributed by atoms with Gasteiger partial charge in [0.2, 0.25) is 0 Å². The lowest BCUT2D eigenvalue weighted by atomic mass is 10.1. The first-order valence-corrected chi connectivity index (χ1v) is 16.1. The van der Waals surface area contributed by atoms with E-state index >= 15 is 0 Å². The number of hydrogen-bond acceptors (Lipinski definition) is 7. The second kappa shape index (κ2) is 14.5. The molecule has 0 aliphatic carbocycles. The van der Waals surface area contributed by atoms with Crippen LogP contribution in [0.1, 0.15) is 63.1 Å². The van der Waals surface area contributed by atoms with Crippen molar-refractivity contribution in [1.82, 2.24) is 10.7 Å². The fourth-order valence-corrected chi connectivity index (χ4v) is 6.15. The lowest BCUT2D eigenvalue weighted by molar-refractivity contribution is -0.136. The molecule has 1 unspecified atom stereocenters. The largest absolute Gasteiger partial charge is 0.481 e. The summed E-state index contributed by atoms with van der Waals surface area (Å²) >= 11 is 1.51. The van der Waals surface area contributed by atoms with E-state index in [1.54, 1.807) is 12.1 Å². The minimum atomic E-state index is -0.824. The van der Waals surface area contributed by atoms with Gasteiger partial charge in [-0.25, -0.2) is 5.43 Å². The molecular formula is C34H39N5O4S. The number of hydrazine groups is 1. The van der Waals surface area contributed by atoms with Crippen molar-refractivity contribution in [3.05, 3.63) is 101 Å². The van der Waals surface area contributed by atoms with Gasteiger partial charge in [-0.2, -0.15) is 11.8 Å². The molecule has 4 N–H and O–H groups in total. The number of carboxylic acids is 1. The molecule has 1 fully saturated rings. The number of carboxylic acid groups (broad SMARTS) is 1. The van der Waals surface area contributed by atoms with E-state index in [1.165, 1.54) is 29.3 Å². The molecule has 2 aliphatic heterocycles. The van der Waals surface area contributed by atoms with Gasteiger partial charge in [-0.3, -0.25) is 19.4 Å². The Morgan fingerprint density at radius 1 is 0.932 bits per heavy atom. The molecule has 1 saturated heterocycles. The number of aryl methyl sites for hydroxylation is 2. The molecular weight excluding hydrogens is 574 g/mol.